The number of carbonyl (C=O) groups excluding carboxylic acids is 1. The zero-order chi connectivity index (χ0) is 21.6. The van der Waals surface area contributed by atoms with Crippen molar-refractivity contribution in [2.24, 2.45) is 0 Å². The molecule has 2 aromatic heterocycles. The molecule has 0 fully saturated rings. The molecule has 7 nitrogen and oxygen atoms in total. The van der Waals surface area contributed by atoms with E-state index >= 15 is 0 Å². The highest BCUT2D eigenvalue weighted by molar-refractivity contribution is 7.91. The average molecular weight is 426 g/mol. The van der Waals surface area contributed by atoms with E-state index in [2.05, 4.69) is 4.98 Å². The molecule has 1 unspecified atom stereocenters. The minimum Gasteiger partial charge on any atom is -0.481 e. The van der Waals surface area contributed by atoms with E-state index < -0.39 is 15.8 Å². The summed E-state index contributed by atoms with van der Waals surface area (Å²) in [6, 6.07) is 8.46. The van der Waals surface area contributed by atoms with E-state index in [1.807, 2.05) is 23.6 Å². The molecule has 8 heteroatoms. The predicted molar refractivity (Wildman–Crippen MR) is 112 cm³/mol. The Kier molecular flexibility index (Phi) is 4.97. The quantitative estimate of drug-likeness (QED) is 0.627. The zero-order valence-corrected chi connectivity index (χ0v) is 17.6. The maximum atomic E-state index is 13.6. The van der Waals surface area contributed by atoms with Gasteiger partial charge in [0.15, 0.2) is 15.6 Å². The number of pyridine rings is 1. The zero-order valence-electron chi connectivity index (χ0n) is 16.8. The highest BCUT2D eigenvalue weighted by atomic mass is 32.2. The van der Waals surface area contributed by atoms with Gasteiger partial charge in [-0.15, -0.1) is 0 Å². The van der Waals surface area contributed by atoms with Gasteiger partial charge in [-0.05, 0) is 25.8 Å². The molecule has 3 heterocycles. The van der Waals surface area contributed by atoms with Crippen LogP contribution in [0.2, 0.25) is 0 Å². The van der Waals surface area contributed by atoms with Crippen molar-refractivity contribution in [3.05, 3.63) is 58.9 Å². The van der Waals surface area contributed by atoms with E-state index in [1.54, 1.807) is 12.1 Å². The molecule has 0 saturated carbocycles. The summed E-state index contributed by atoms with van der Waals surface area (Å²) in [4.78, 5) is 29.6. The van der Waals surface area contributed by atoms with E-state index in [1.165, 1.54) is 12.3 Å². The summed E-state index contributed by atoms with van der Waals surface area (Å²) < 4.78 is 26.9. The number of hydrogen-bond acceptors (Lipinski definition) is 5. The number of carboxylic acid groups (broad SMARTS) is 1. The second kappa shape index (κ2) is 7.36. The average Bonchev–Trinajstić information content (AvgIpc) is 3.02. The fourth-order valence-corrected chi connectivity index (χ4v) is 5.20. The molecule has 0 saturated heterocycles. The molecule has 4 rings (SSSR count). The maximum absolute atomic E-state index is 13.6. The van der Waals surface area contributed by atoms with Crippen LogP contribution in [-0.2, 0) is 21.2 Å². The first-order valence-corrected chi connectivity index (χ1v) is 11.6. The highest BCUT2D eigenvalue weighted by Gasteiger charge is 2.34. The molecular weight excluding hydrogens is 404 g/mol. The van der Waals surface area contributed by atoms with Crippen molar-refractivity contribution in [1.29, 1.82) is 0 Å². The molecule has 0 aliphatic carbocycles. The summed E-state index contributed by atoms with van der Waals surface area (Å²) in [5.74, 6) is -1.66. The maximum Gasteiger partial charge on any atom is 0.304 e. The van der Waals surface area contributed by atoms with E-state index in [-0.39, 0.29) is 34.0 Å². The van der Waals surface area contributed by atoms with Crippen molar-refractivity contribution in [2.45, 2.75) is 43.5 Å². The Morgan fingerprint density at radius 3 is 2.53 bits per heavy atom. The highest BCUT2D eigenvalue weighted by Crippen LogP contribution is 2.41. The van der Waals surface area contributed by atoms with E-state index in [0.717, 1.165) is 18.2 Å². The SMILES string of the molecule is Cc1ccc(C(=O)c2c3n(c4nccc(S(C)(=O)=O)c24)CCCC3CC(=O)O)cc1. The van der Waals surface area contributed by atoms with E-state index in [0.29, 0.717) is 29.9 Å². The summed E-state index contributed by atoms with van der Waals surface area (Å²) in [5.41, 5.74) is 2.68. The molecule has 0 radical (unpaired) electrons. The standard InChI is InChI=1S/C22H22N2O5S/c1-13-5-7-14(8-6-13)21(27)19-18-16(30(2,28)29)9-10-23-22(18)24-11-3-4-15(20(19)24)12-17(25)26/h5-10,15H,3-4,11-12H2,1-2H3,(H,25,26). The van der Waals surface area contributed by atoms with Gasteiger partial charge in [-0.25, -0.2) is 13.4 Å². The van der Waals surface area contributed by atoms with Gasteiger partial charge < -0.3 is 9.67 Å². The van der Waals surface area contributed by atoms with Crippen LogP contribution < -0.4 is 0 Å². The largest absolute Gasteiger partial charge is 0.481 e. The summed E-state index contributed by atoms with van der Waals surface area (Å²) in [6.07, 6.45) is 3.75. The number of rotatable bonds is 5. The number of benzene rings is 1. The molecule has 0 bridgehead atoms. The predicted octanol–water partition coefficient (Wildman–Crippen LogP) is 3.33. The molecule has 3 aromatic rings. The first-order chi connectivity index (χ1) is 14.2. The Bertz CT molecular complexity index is 1270. The molecule has 0 spiro atoms. The Balaban J connectivity index is 2.09. The topological polar surface area (TPSA) is 106 Å². The van der Waals surface area contributed by atoms with Gasteiger partial charge in [0.05, 0.1) is 16.9 Å². The number of ketones is 1. The lowest BCUT2D eigenvalue weighted by molar-refractivity contribution is -0.137. The lowest BCUT2D eigenvalue weighted by Gasteiger charge is -2.25. The number of hydrogen-bond donors (Lipinski definition) is 1. The van der Waals surface area contributed by atoms with Gasteiger partial charge >= 0.3 is 5.97 Å². The van der Waals surface area contributed by atoms with Crippen LogP contribution in [0, 0.1) is 6.92 Å². The molecule has 1 aromatic carbocycles. The Morgan fingerprint density at radius 2 is 1.90 bits per heavy atom. The van der Waals surface area contributed by atoms with Gasteiger partial charge in [-0.1, -0.05) is 29.8 Å². The van der Waals surface area contributed by atoms with Gasteiger partial charge in [0.25, 0.3) is 0 Å². The number of sulfone groups is 1. The number of carbonyl (C=O) groups is 2. The molecular formula is C22H22N2O5S. The van der Waals surface area contributed by atoms with Crippen molar-refractivity contribution in [3.63, 3.8) is 0 Å². The Morgan fingerprint density at radius 1 is 1.20 bits per heavy atom. The summed E-state index contributed by atoms with van der Waals surface area (Å²) >= 11 is 0. The summed E-state index contributed by atoms with van der Waals surface area (Å²) in [7, 11) is -3.64. The number of fused-ring (bicyclic) bond motifs is 3. The van der Waals surface area contributed by atoms with Crippen LogP contribution in [0.3, 0.4) is 0 Å². The van der Waals surface area contributed by atoms with Crippen LogP contribution in [0.25, 0.3) is 11.0 Å². The molecule has 1 aliphatic heterocycles. The van der Waals surface area contributed by atoms with Gasteiger partial charge in [-0.2, -0.15) is 0 Å². The molecule has 1 atom stereocenters. The minimum absolute atomic E-state index is 0.0407. The number of carboxylic acids is 1. The molecule has 30 heavy (non-hydrogen) atoms. The fourth-order valence-electron chi connectivity index (χ4n) is 4.33. The number of aromatic nitrogens is 2. The normalized spacial score (nSPS) is 16.4. The smallest absolute Gasteiger partial charge is 0.304 e. The number of aryl methyl sites for hydroxylation is 2. The van der Waals surface area contributed by atoms with Crippen LogP contribution >= 0.6 is 0 Å². The molecule has 1 N–H and O–H groups in total. The van der Waals surface area contributed by atoms with Crippen LogP contribution in [0.4, 0.5) is 0 Å². The van der Waals surface area contributed by atoms with Crippen molar-refractivity contribution >= 4 is 32.6 Å². The van der Waals surface area contributed by atoms with Gasteiger partial charge in [0.1, 0.15) is 5.65 Å². The minimum atomic E-state index is -3.64. The second-order valence-electron chi connectivity index (χ2n) is 7.82. The van der Waals surface area contributed by atoms with E-state index in [9.17, 15) is 23.1 Å². The summed E-state index contributed by atoms with van der Waals surface area (Å²) in [6.45, 7) is 2.47. The van der Waals surface area contributed by atoms with Gasteiger partial charge in [0, 0.05) is 41.6 Å². The molecule has 0 amide bonds. The monoisotopic (exact) mass is 426 g/mol. The third-order valence-corrected chi connectivity index (χ3v) is 6.77. The fraction of sp³-hybridized carbons (Fsp3) is 0.318. The van der Waals surface area contributed by atoms with Crippen molar-refractivity contribution < 1.29 is 23.1 Å². The Labute approximate surface area is 174 Å². The molecule has 156 valence electrons. The van der Waals surface area contributed by atoms with Crippen molar-refractivity contribution in [3.8, 4) is 0 Å². The van der Waals surface area contributed by atoms with E-state index in [4.69, 9.17) is 0 Å². The number of nitrogens with zero attached hydrogens (tertiary/aromatic N) is 2. The van der Waals surface area contributed by atoms with Crippen LogP contribution in [0.15, 0.2) is 41.4 Å². The lowest BCUT2D eigenvalue weighted by atomic mass is 9.87. The van der Waals surface area contributed by atoms with Gasteiger partial charge in [-0.3, -0.25) is 9.59 Å². The second-order valence-corrected chi connectivity index (χ2v) is 9.81. The van der Waals surface area contributed by atoms with Crippen LogP contribution in [-0.4, -0.2) is 41.1 Å². The van der Waals surface area contributed by atoms with Crippen LogP contribution in [0.1, 0.15) is 52.4 Å². The van der Waals surface area contributed by atoms with Crippen molar-refractivity contribution in [1.82, 2.24) is 9.55 Å². The Hall–Kier alpha value is -3.00. The lowest BCUT2D eigenvalue weighted by Crippen LogP contribution is -2.20. The third-order valence-electron chi connectivity index (χ3n) is 5.63. The molecule has 1 aliphatic rings. The first-order valence-electron chi connectivity index (χ1n) is 9.72. The first kappa shape index (κ1) is 20.3. The van der Waals surface area contributed by atoms with Crippen LogP contribution in [0.5, 0.6) is 0 Å². The van der Waals surface area contributed by atoms with Gasteiger partial charge in [0.2, 0.25) is 0 Å². The van der Waals surface area contributed by atoms with Crippen molar-refractivity contribution in [2.75, 3.05) is 6.26 Å². The third kappa shape index (κ3) is 3.41. The summed E-state index contributed by atoms with van der Waals surface area (Å²) in [5, 5.41) is 9.71. The number of aliphatic carboxylic acids is 1.